The number of aryl methyl sites for hydroxylation is 1. The third-order valence-electron chi connectivity index (χ3n) is 6.14. The van der Waals surface area contributed by atoms with Crippen molar-refractivity contribution in [3.05, 3.63) is 53.7 Å². The van der Waals surface area contributed by atoms with Crippen LogP contribution in [0, 0.1) is 6.92 Å². The summed E-state index contributed by atoms with van der Waals surface area (Å²) in [5.74, 6) is 1.66. The van der Waals surface area contributed by atoms with E-state index in [2.05, 4.69) is 4.98 Å². The zero-order valence-corrected chi connectivity index (χ0v) is 17.8. The molecule has 1 aromatic carbocycles. The fourth-order valence-electron chi connectivity index (χ4n) is 4.38. The molecular formula is C24H30N2O4. The highest BCUT2D eigenvalue weighted by Gasteiger charge is 2.42. The molecule has 2 saturated heterocycles. The molecule has 2 aliphatic heterocycles. The Morgan fingerprint density at radius 2 is 1.97 bits per heavy atom. The van der Waals surface area contributed by atoms with Gasteiger partial charge in [-0.2, -0.15) is 0 Å². The van der Waals surface area contributed by atoms with Crippen molar-refractivity contribution < 1.29 is 19.0 Å². The third kappa shape index (κ3) is 4.93. The molecule has 0 bridgehead atoms. The largest absolute Gasteiger partial charge is 0.497 e. The second kappa shape index (κ2) is 9.04. The number of amides is 1. The molecule has 1 unspecified atom stereocenters. The first-order valence-corrected chi connectivity index (χ1v) is 10.7. The van der Waals surface area contributed by atoms with Crippen LogP contribution in [0.15, 0.2) is 42.5 Å². The van der Waals surface area contributed by atoms with Crippen LogP contribution in [-0.4, -0.2) is 54.3 Å². The highest BCUT2D eigenvalue weighted by atomic mass is 16.5. The summed E-state index contributed by atoms with van der Waals surface area (Å²) in [5, 5.41) is 0. The van der Waals surface area contributed by atoms with Crippen LogP contribution in [0.4, 0.5) is 0 Å². The summed E-state index contributed by atoms with van der Waals surface area (Å²) >= 11 is 0. The van der Waals surface area contributed by atoms with Crippen molar-refractivity contribution >= 4 is 5.91 Å². The van der Waals surface area contributed by atoms with Crippen molar-refractivity contribution in [3.63, 3.8) is 0 Å². The van der Waals surface area contributed by atoms with Gasteiger partial charge in [0.2, 0.25) is 11.8 Å². The lowest BCUT2D eigenvalue weighted by atomic mass is 9.83. The van der Waals surface area contributed by atoms with E-state index in [1.54, 1.807) is 7.11 Å². The van der Waals surface area contributed by atoms with E-state index in [0.29, 0.717) is 18.9 Å². The number of benzene rings is 1. The molecule has 3 heterocycles. The number of ether oxygens (including phenoxy) is 3. The fourth-order valence-corrected chi connectivity index (χ4v) is 4.38. The number of aromatic nitrogens is 1. The van der Waals surface area contributed by atoms with Crippen LogP contribution in [0.5, 0.6) is 11.6 Å². The minimum Gasteiger partial charge on any atom is -0.497 e. The Morgan fingerprint density at radius 1 is 1.20 bits per heavy atom. The minimum absolute atomic E-state index is 0.106. The number of carbonyl (C=O) groups excluding carboxylic acids is 1. The minimum atomic E-state index is -0.191. The number of hydrogen-bond acceptors (Lipinski definition) is 5. The van der Waals surface area contributed by atoms with Crippen LogP contribution in [0.2, 0.25) is 0 Å². The lowest BCUT2D eigenvalue weighted by molar-refractivity contribution is -0.151. The van der Waals surface area contributed by atoms with E-state index >= 15 is 0 Å². The predicted octanol–water partition coefficient (Wildman–Crippen LogP) is 3.56. The zero-order chi connectivity index (χ0) is 21.0. The quantitative estimate of drug-likeness (QED) is 0.754. The van der Waals surface area contributed by atoms with Gasteiger partial charge < -0.3 is 19.1 Å². The van der Waals surface area contributed by atoms with Gasteiger partial charge in [-0.25, -0.2) is 4.98 Å². The molecule has 6 heteroatoms. The highest BCUT2D eigenvalue weighted by Crippen LogP contribution is 2.36. The summed E-state index contributed by atoms with van der Waals surface area (Å²) in [4.78, 5) is 19.2. The van der Waals surface area contributed by atoms with Crippen LogP contribution in [0.1, 0.15) is 36.9 Å². The fraction of sp³-hybridized carbons (Fsp3) is 0.500. The van der Waals surface area contributed by atoms with Gasteiger partial charge in [-0.05, 0) is 43.5 Å². The maximum Gasteiger partial charge on any atom is 0.226 e. The monoisotopic (exact) mass is 410 g/mol. The molecule has 30 heavy (non-hydrogen) atoms. The van der Waals surface area contributed by atoms with Gasteiger partial charge in [-0.3, -0.25) is 4.79 Å². The molecule has 0 N–H and O–H groups in total. The number of rotatable bonds is 5. The van der Waals surface area contributed by atoms with E-state index in [0.717, 1.165) is 55.8 Å². The number of hydrogen-bond donors (Lipinski definition) is 0. The molecule has 2 aliphatic rings. The van der Waals surface area contributed by atoms with E-state index in [4.69, 9.17) is 14.2 Å². The van der Waals surface area contributed by atoms with Crippen LogP contribution in [0.3, 0.4) is 0 Å². The summed E-state index contributed by atoms with van der Waals surface area (Å²) in [6.45, 7) is 4.11. The summed E-state index contributed by atoms with van der Waals surface area (Å²) in [6, 6.07) is 13.5. The average Bonchev–Trinajstić information content (AvgIpc) is 2.75. The first-order valence-electron chi connectivity index (χ1n) is 10.7. The van der Waals surface area contributed by atoms with Gasteiger partial charge in [0, 0.05) is 37.7 Å². The van der Waals surface area contributed by atoms with Gasteiger partial charge in [0.1, 0.15) is 11.9 Å². The smallest absolute Gasteiger partial charge is 0.226 e. The van der Waals surface area contributed by atoms with Crippen molar-refractivity contribution in [1.29, 1.82) is 0 Å². The number of likely N-dealkylation sites (tertiary alicyclic amines) is 1. The molecule has 0 saturated carbocycles. The Kier molecular flexibility index (Phi) is 6.23. The van der Waals surface area contributed by atoms with E-state index < -0.39 is 0 Å². The summed E-state index contributed by atoms with van der Waals surface area (Å²) in [7, 11) is 1.64. The number of pyridine rings is 1. The summed E-state index contributed by atoms with van der Waals surface area (Å²) in [5.41, 5.74) is 1.77. The topological polar surface area (TPSA) is 60.9 Å². The van der Waals surface area contributed by atoms with Crippen molar-refractivity contribution in [2.45, 2.75) is 50.7 Å². The molecule has 6 nitrogen and oxygen atoms in total. The number of carbonyl (C=O) groups is 1. The van der Waals surface area contributed by atoms with Crippen molar-refractivity contribution in [1.82, 2.24) is 9.88 Å². The Hall–Kier alpha value is -2.60. The molecule has 4 rings (SSSR count). The SMILES string of the molecule is COc1ccc(CC(=O)N2CCC3(CC2)CC(Oc2cccc(C)n2)CCO3)cc1. The van der Waals surface area contributed by atoms with Gasteiger partial charge in [-0.15, -0.1) is 0 Å². The standard InChI is InChI=1S/C24H30N2O4/c1-18-4-3-5-22(25-18)30-21-10-15-29-24(17-21)11-13-26(14-12-24)23(27)16-19-6-8-20(28-2)9-7-19/h3-9,21H,10-17H2,1-2H3. The number of methoxy groups -OCH3 is 1. The van der Waals surface area contributed by atoms with E-state index in [9.17, 15) is 4.79 Å². The van der Waals surface area contributed by atoms with Gasteiger partial charge in [0.15, 0.2) is 0 Å². The lowest BCUT2D eigenvalue weighted by Crippen LogP contribution is -2.52. The van der Waals surface area contributed by atoms with Crippen LogP contribution in [0.25, 0.3) is 0 Å². The molecule has 160 valence electrons. The van der Waals surface area contributed by atoms with E-state index in [1.165, 1.54) is 0 Å². The molecule has 0 radical (unpaired) electrons. The molecule has 1 spiro atoms. The maximum absolute atomic E-state index is 12.8. The number of piperidine rings is 1. The normalized spacial score (nSPS) is 20.7. The lowest BCUT2D eigenvalue weighted by Gasteiger charge is -2.46. The van der Waals surface area contributed by atoms with Crippen molar-refractivity contribution in [2.75, 3.05) is 26.8 Å². The first kappa shape index (κ1) is 20.7. The molecule has 1 amide bonds. The molecule has 2 fully saturated rings. The molecule has 1 atom stereocenters. The van der Waals surface area contributed by atoms with E-state index in [1.807, 2.05) is 54.3 Å². The van der Waals surface area contributed by atoms with Crippen LogP contribution < -0.4 is 9.47 Å². The maximum atomic E-state index is 12.8. The average molecular weight is 411 g/mol. The molecular weight excluding hydrogens is 380 g/mol. The second-order valence-corrected chi connectivity index (χ2v) is 8.29. The molecule has 0 aliphatic carbocycles. The predicted molar refractivity (Wildman–Crippen MR) is 114 cm³/mol. The Balaban J connectivity index is 1.30. The van der Waals surface area contributed by atoms with Crippen LogP contribution >= 0.6 is 0 Å². The summed E-state index contributed by atoms with van der Waals surface area (Å²) in [6.07, 6.45) is 3.95. The number of nitrogens with zero attached hydrogens (tertiary/aromatic N) is 2. The van der Waals surface area contributed by atoms with Gasteiger partial charge in [0.05, 0.1) is 25.7 Å². The second-order valence-electron chi connectivity index (χ2n) is 8.29. The van der Waals surface area contributed by atoms with Gasteiger partial charge >= 0.3 is 0 Å². The highest BCUT2D eigenvalue weighted by molar-refractivity contribution is 5.79. The van der Waals surface area contributed by atoms with Crippen molar-refractivity contribution in [2.24, 2.45) is 0 Å². The third-order valence-corrected chi connectivity index (χ3v) is 6.14. The van der Waals surface area contributed by atoms with Crippen molar-refractivity contribution in [3.8, 4) is 11.6 Å². The van der Waals surface area contributed by atoms with Gasteiger partial charge in [-0.1, -0.05) is 18.2 Å². The Labute approximate surface area is 178 Å². The Morgan fingerprint density at radius 3 is 2.67 bits per heavy atom. The summed E-state index contributed by atoms with van der Waals surface area (Å²) < 4.78 is 17.6. The van der Waals surface area contributed by atoms with E-state index in [-0.39, 0.29) is 17.6 Å². The van der Waals surface area contributed by atoms with Gasteiger partial charge in [0.25, 0.3) is 0 Å². The van der Waals surface area contributed by atoms with Crippen LogP contribution in [-0.2, 0) is 16.0 Å². The molecule has 1 aromatic heterocycles. The first-order chi connectivity index (χ1) is 14.5. The zero-order valence-electron chi connectivity index (χ0n) is 17.8. The Bertz CT molecular complexity index is 860. The molecule has 2 aromatic rings.